The summed E-state index contributed by atoms with van der Waals surface area (Å²) in [5, 5.41) is 5.81. The fraction of sp³-hybridized carbons (Fsp3) is 0.308. The molecule has 0 spiro atoms. The van der Waals surface area contributed by atoms with Gasteiger partial charge in [-0.1, -0.05) is 66.5 Å². The van der Waals surface area contributed by atoms with Crippen molar-refractivity contribution in [1.29, 1.82) is 0 Å². The van der Waals surface area contributed by atoms with Crippen LogP contribution in [0, 0.1) is 0 Å². The second kappa shape index (κ2) is 11.9. The average molecular weight is 566 g/mol. The first-order valence-corrected chi connectivity index (χ1v) is 12.6. The van der Waals surface area contributed by atoms with Crippen LogP contribution in [0.1, 0.15) is 32.8 Å². The Hall–Kier alpha value is -2.28. The monoisotopic (exact) mass is 564 g/mol. The molecule has 2 amide bonds. The first-order chi connectivity index (χ1) is 16.2. The number of carbonyl (C=O) groups excluding carboxylic acids is 2. The van der Waals surface area contributed by atoms with Crippen LogP contribution in [0.15, 0.2) is 59.1 Å². The fourth-order valence-corrected chi connectivity index (χ4v) is 4.36. The van der Waals surface area contributed by atoms with Gasteiger partial charge in [0.1, 0.15) is 11.8 Å². The van der Waals surface area contributed by atoms with Gasteiger partial charge < -0.3 is 15.0 Å². The Kier molecular flexibility index (Phi) is 9.23. The molecule has 2 atom stereocenters. The summed E-state index contributed by atoms with van der Waals surface area (Å²) in [7, 11) is 0. The van der Waals surface area contributed by atoms with E-state index in [0.29, 0.717) is 15.8 Å². The van der Waals surface area contributed by atoms with Gasteiger partial charge in [0.15, 0.2) is 6.61 Å². The number of rotatable bonds is 9. The third kappa shape index (κ3) is 6.44. The van der Waals surface area contributed by atoms with Crippen molar-refractivity contribution in [2.75, 3.05) is 6.61 Å². The van der Waals surface area contributed by atoms with Crippen LogP contribution < -0.4 is 10.1 Å². The highest BCUT2D eigenvalue weighted by molar-refractivity contribution is 9.10. The maximum absolute atomic E-state index is 13.3. The van der Waals surface area contributed by atoms with Crippen molar-refractivity contribution in [2.45, 2.75) is 45.8 Å². The molecule has 0 heterocycles. The zero-order valence-corrected chi connectivity index (χ0v) is 22.4. The Morgan fingerprint density at radius 3 is 2.50 bits per heavy atom. The number of amides is 2. The van der Waals surface area contributed by atoms with Gasteiger partial charge >= 0.3 is 0 Å². The van der Waals surface area contributed by atoms with Crippen LogP contribution in [0.3, 0.4) is 0 Å². The average Bonchev–Trinajstić information content (AvgIpc) is 2.83. The minimum Gasteiger partial charge on any atom is -0.483 e. The SMILES string of the molecule is CC[C@@H](C)NC(=O)[C@H](C)N(Cc1ccc(Cl)c(Cl)c1)C(=O)COc1ccc2ccccc2c1Br. The summed E-state index contributed by atoms with van der Waals surface area (Å²) < 4.78 is 6.66. The third-order valence-corrected chi connectivity index (χ3v) is 7.24. The van der Waals surface area contributed by atoms with E-state index >= 15 is 0 Å². The molecule has 0 aliphatic rings. The lowest BCUT2D eigenvalue weighted by Crippen LogP contribution is -2.50. The number of carbonyl (C=O) groups is 2. The summed E-state index contributed by atoms with van der Waals surface area (Å²) in [6.45, 7) is 5.59. The molecular weight excluding hydrogens is 539 g/mol. The van der Waals surface area contributed by atoms with E-state index in [9.17, 15) is 9.59 Å². The predicted octanol–water partition coefficient (Wildman–Crippen LogP) is 6.62. The lowest BCUT2D eigenvalue weighted by atomic mass is 10.1. The minimum absolute atomic E-state index is 0.00156. The van der Waals surface area contributed by atoms with Crippen LogP contribution in [-0.2, 0) is 16.1 Å². The zero-order chi connectivity index (χ0) is 24.8. The van der Waals surface area contributed by atoms with Gasteiger partial charge in [-0.15, -0.1) is 0 Å². The van der Waals surface area contributed by atoms with E-state index < -0.39 is 6.04 Å². The highest BCUT2D eigenvalue weighted by atomic mass is 79.9. The van der Waals surface area contributed by atoms with E-state index in [4.69, 9.17) is 27.9 Å². The maximum atomic E-state index is 13.3. The summed E-state index contributed by atoms with van der Waals surface area (Å²) >= 11 is 15.8. The molecule has 5 nitrogen and oxygen atoms in total. The molecule has 0 saturated carbocycles. The number of nitrogens with zero attached hydrogens (tertiary/aromatic N) is 1. The Bertz CT molecular complexity index is 1190. The van der Waals surface area contributed by atoms with E-state index in [-0.39, 0.29) is 31.0 Å². The Labute approximate surface area is 218 Å². The summed E-state index contributed by atoms with van der Waals surface area (Å²) in [4.78, 5) is 27.6. The number of ether oxygens (including phenoxy) is 1. The van der Waals surface area contributed by atoms with Crippen LogP contribution in [0.25, 0.3) is 10.8 Å². The summed E-state index contributed by atoms with van der Waals surface area (Å²) in [5.41, 5.74) is 0.762. The number of hydrogen-bond donors (Lipinski definition) is 1. The molecule has 0 radical (unpaired) electrons. The fourth-order valence-electron chi connectivity index (χ4n) is 3.43. The van der Waals surface area contributed by atoms with Crippen molar-refractivity contribution in [3.63, 3.8) is 0 Å². The van der Waals surface area contributed by atoms with Gasteiger partial charge in [0, 0.05) is 12.6 Å². The molecule has 0 aliphatic heterocycles. The van der Waals surface area contributed by atoms with Crippen LogP contribution in [0.4, 0.5) is 0 Å². The largest absolute Gasteiger partial charge is 0.483 e. The second-order valence-electron chi connectivity index (χ2n) is 8.15. The van der Waals surface area contributed by atoms with Gasteiger partial charge in [0.2, 0.25) is 5.91 Å². The highest BCUT2D eigenvalue weighted by Crippen LogP contribution is 2.33. The van der Waals surface area contributed by atoms with Gasteiger partial charge in [0.05, 0.1) is 14.5 Å². The molecule has 0 unspecified atom stereocenters. The standard InChI is InChI=1S/C26H27BrCl2N2O3/c1-4-16(2)30-26(33)17(3)31(14-18-9-11-21(28)22(29)13-18)24(32)15-34-23-12-10-19-7-5-6-8-20(19)25(23)27/h5-13,16-17H,4,14-15H2,1-3H3,(H,30,33)/t16-,17+/m1/s1. The molecule has 8 heteroatoms. The smallest absolute Gasteiger partial charge is 0.261 e. The molecule has 180 valence electrons. The number of halogens is 3. The van der Waals surface area contributed by atoms with Crippen molar-refractivity contribution in [3.8, 4) is 5.75 Å². The molecule has 3 aromatic carbocycles. The maximum Gasteiger partial charge on any atom is 0.261 e. The van der Waals surface area contributed by atoms with Gasteiger partial charge in [0.25, 0.3) is 5.91 Å². The Morgan fingerprint density at radius 1 is 1.06 bits per heavy atom. The van der Waals surface area contributed by atoms with Crippen LogP contribution in [0.2, 0.25) is 10.0 Å². The molecule has 0 bridgehead atoms. The number of hydrogen-bond acceptors (Lipinski definition) is 3. The molecule has 34 heavy (non-hydrogen) atoms. The minimum atomic E-state index is -0.709. The third-order valence-electron chi connectivity index (χ3n) is 5.68. The lowest BCUT2D eigenvalue weighted by Gasteiger charge is -2.29. The molecular formula is C26H27BrCl2N2O3. The van der Waals surface area contributed by atoms with Crippen molar-refractivity contribution >= 4 is 61.7 Å². The van der Waals surface area contributed by atoms with Crippen LogP contribution in [0.5, 0.6) is 5.75 Å². The van der Waals surface area contributed by atoms with E-state index in [2.05, 4.69) is 21.2 Å². The van der Waals surface area contributed by atoms with Crippen LogP contribution >= 0.6 is 39.1 Å². The highest BCUT2D eigenvalue weighted by Gasteiger charge is 2.27. The number of benzene rings is 3. The van der Waals surface area contributed by atoms with E-state index in [1.54, 1.807) is 25.1 Å². The Balaban J connectivity index is 1.81. The predicted molar refractivity (Wildman–Crippen MR) is 142 cm³/mol. The topological polar surface area (TPSA) is 58.6 Å². The second-order valence-corrected chi connectivity index (χ2v) is 9.76. The van der Waals surface area contributed by atoms with Crippen molar-refractivity contribution in [2.24, 2.45) is 0 Å². The molecule has 0 saturated heterocycles. The van der Waals surface area contributed by atoms with Gasteiger partial charge in [-0.2, -0.15) is 0 Å². The van der Waals surface area contributed by atoms with Crippen molar-refractivity contribution < 1.29 is 14.3 Å². The number of fused-ring (bicyclic) bond motifs is 1. The van der Waals surface area contributed by atoms with Crippen molar-refractivity contribution in [1.82, 2.24) is 10.2 Å². The van der Waals surface area contributed by atoms with E-state index in [1.807, 2.05) is 50.2 Å². The number of nitrogens with one attached hydrogen (secondary N) is 1. The first-order valence-electron chi connectivity index (χ1n) is 11.0. The van der Waals surface area contributed by atoms with Crippen LogP contribution in [-0.4, -0.2) is 35.4 Å². The van der Waals surface area contributed by atoms with E-state index in [0.717, 1.165) is 27.2 Å². The molecule has 0 aromatic heterocycles. The summed E-state index contributed by atoms with van der Waals surface area (Å²) in [5.74, 6) is 0.00539. The normalized spacial score (nSPS) is 12.8. The summed E-state index contributed by atoms with van der Waals surface area (Å²) in [6.07, 6.45) is 0.790. The molecule has 0 aliphatic carbocycles. The molecule has 3 aromatic rings. The lowest BCUT2D eigenvalue weighted by molar-refractivity contribution is -0.142. The molecule has 3 rings (SSSR count). The van der Waals surface area contributed by atoms with Gasteiger partial charge in [-0.3, -0.25) is 9.59 Å². The first kappa shape index (κ1) is 26.3. The Morgan fingerprint density at radius 2 is 1.79 bits per heavy atom. The summed E-state index contributed by atoms with van der Waals surface area (Å²) in [6, 6.07) is 16.1. The quantitative estimate of drug-likeness (QED) is 0.317. The van der Waals surface area contributed by atoms with Gasteiger partial charge in [-0.05, 0) is 70.7 Å². The van der Waals surface area contributed by atoms with E-state index in [1.165, 1.54) is 4.90 Å². The van der Waals surface area contributed by atoms with Crippen molar-refractivity contribution in [3.05, 3.63) is 74.7 Å². The molecule has 0 fully saturated rings. The van der Waals surface area contributed by atoms with Gasteiger partial charge in [-0.25, -0.2) is 0 Å². The zero-order valence-electron chi connectivity index (χ0n) is 19.3. The molecule has 1 N–H and O–H groups in total.